The third-order valence-electron chi connectivity index (χ3n) is 3.95. The minimum atomic E-state index is -0.0381. The van der Waals surface area contributed by atoms with E-state index in [1.807, 2.05) is 6.20 Å². The molecule has 19 heavy (non-hydrogen) atoms. The highest BCUT2D eigenvalue weighted by Gasteiger charge is 2.16. The Hall–Kier alpha value is -1.81. The lowest BCUT2D eigenvalue weighted by atomic mass is 10.0. The van der Waals surface area contributed by atoms with Crippen LogP contribution in [0.2, 0.25) is 0 Å². The third kappa shape index (κ3) is 2.12. The molecule has 0 radical (unpaired) electrons. The first-order valence-corrected chi connectivity index (χ1v) is 6.61. The lowest BCUT2D eigenvalue weighted by molar-refractivity contribution is -0.167. The summed E-state index contributed by atoms with van der Waals surface area (Å²) in [6.07, 6.45) is 5.86. The first kappa shape index (κ1) is 12.2. The number of aromatic amines is 1. The van der Waals surface area contributed by atoms with Crippen molar-refractivity contribution in [1.29, 1.82) is 0 Å². The van der Waals surface area contributed by atoms with Crippen LogP contribution in [-0.4, -0.2) is 30.1 Å². The fourth-order valence-corrected chi connectivity index (χ4v) is 2.77. The molecule has 1 amide bonds. The zero-order valence-electron chi connectivity index (χ0n) is 11.3. The van der Waals surface area contributed by atoms with Crippen LogP contribution in [0.25, 0.3) is 10.9 Å². The van der Waals surface area contributed by atoms with Gasteiger partial charge in [0.15, 0.2) is 0 Å². The summed E-state index contributed by atoms with van der Waals surface area (Å²) < 4.78 is 0. The molecule has 0 aliphatic heterocycles. The monoisotopic (exact) mass is 258 g/mol. The number of hydrogen-bond acceptors (Lipinski definition) is 2. The van der Waals surface area contributed by atoms with Crippen LogP contribution in [0.4, 0.5) is 0 Å². The van der Waals surface area contributed by atoms with Gasteiger partial charge in [0.25, 0.3) is 0 Å². The Balaban J connectivity index is 1.94. The predicted octanol–water partition coefficient (Wildman–Crippen LogP) is 2.22. The highest BCUT2D eigenvalue weighted by Crippen LogP contribution is 2.29. The van der Waals surface area contributed by atoms with Crippen LogP contribution in [0, 0.1) is 0 Å². The summed E-state index contributed by atoms with van der Waals surface area (Å²) in [5, 5.41) is 2.44. The molecule has 4 nitrogen and oxygen atoms in total. The number of hydrogen-bond donors (Lipinski definition) is 1. The van der Waals surface area contributed by atoms with Crippen molar-refractivity contribution in [3.8, 4) is 0 Å². The lowest BCUT2D eigenvalue weighted by Crippen LogP contribution is -2.26. The molecule has 1 aliphatic rings. The summed E-state index contributed by atoms with van der Waals surface area (Å²) >= 11 is 0. The van der Waals surface area contributed by atoms with Crippen LogP contribution in [0.3, 0.4) is 0 Å². The van der Waals surface area contributed by atoms with E-state index in [0.717, 1.165) is 17.5 Å². The number of benzene rings is 1. The van der Waals surface area contributed by atoms with Gasteiger partial charge in [-0.2, -0.15) is 0 Å². The number of H-pyrrole nitrogens is 1. The Morgan fingerprint density at radius 1 is 1.37 bits per heavy atom. The Bertz CT molecular complexity index is 630. The predicted molar refractivity (Wildman–Crippen MR) is 73.8 cm³/mol. The fraction of sp³-hybridized carbons (Fsp3) is 0.400. The average molecular weight is 258 g/mol. The molecule has 1 heterocycles. The van der Waals surface area contributed by atoms with Gasteiger partial charge in [0.2, 0.25) is 5.91 Å². The number of aromatic nitrogens is 1. The van der Waals surface area contributed by atoms with Gasteiger partial charge in [0.05, 0.1) is 13.5 Å². The summed E-state index contributed by atoms with van der Waals surface area (Å²) in [5.74, 6) is -0.0381. The Kier molecular flexibility index (Phi) is 3.03. The molecule has 0 saturated heterocycles. The molecule has 1 aliphatic carbocycles. The summed E-state index contributed by atoms with van der Waals surface area (Å²) in [6.45, 7) is 0. The van der Waals surface area contributed by atoms with E-state index in [9.17, 15) is 4.79 Å². The SMILES string of the molecule is CON(C)C(=O)Cc1c[nH]c2cc3c(cc12)CCC3. The Morgan fingerprint density at radius 2 is 2.11 bits per heavy atom. The Labute approximate surface area is 112 Å². The average Bonchev–Trinajstić information content (AvgIpc) is 3.02. The molecule has 100 valence electrons. The molecule has 0 saturated carbocycles. The van der Waals surface area contributed by atoms with Gasteiger partial charge in [-0.05, 0) is 48.1 Å². The second-order valence-electron chi connectivity index (χ2n) is 5.08. The highest BCUT2D eigenvalue weighted by molar-refractivity contribution is 5.89. The second-order valence-corrected chi connectivity index (χ2v) is 5.08. The van der Waals surface area contributed by atoms with E-state index in [0.29, 0.717) is 6.42 Å². The lowest BCUT2D eigenvalue weighted by Gasteiger charge is -2.13. The molecule has 2 aromatic rings. The van der Waals surface area contributed by atoms with Crippen LogP contribution in [0.1, 0.15) is 23.1 Å². The minimum absolute atomic E-state index is 0.0381. The first-order valence-electron chi connectivity index (χ1n) is 6.61. The van der Waals surface area contributed by atoms with Gasteiger partial charge >= 0.3 is 0 Å². The number of rotatable bonds is 3. The highest BCUT2D eigenvalue weighted by atomic mass is 16.7. The molecule has 1 N–H and O–H groups in total. The zero-order valence-corrected chi connectivity index (χ0v) is 11.3. The maximum Gasteiger partial charge on any atom is 0.250 e. The van der Waals surface area contributed by atoms with E-state index in [2.05, 4.69) is 17.1 Å². The molecule has 1 aromatic carbocycles. The van der Waals surface area contributed by atoms with Crippen LogP contribution < -0.4 is 0 Å². The molecule has 0 fully saturated rings. The largest absolute Gasteiger partial charge is 0.361 e. The fourth-order valence-electron chi connectivity index (χ4n) is 2.77. The second kappa shape index (κ2) is 4.70. The van der Waals surface area contributed by atoms with Gasteiger partial charge in [-0.15, -0.1) is 0 Å². The van der Waals surface area contributed by atoms with E-state index >= 15 is 0 Å². The van der Waals surface area contributed by atoms with Gasteiger partial charge in [-0.3, -0.25) is 9.63 Å². The van der Waals surface area contributed by atoms with Crippen molar-refractivity contribution in [3.63, 3.8) is 0 Å². The number of aryl methyl sites for hydroxylation is 2. The van der Waals surface area contributed by atoms with Crippen molar-refractivity contribution in [3.05, 3.63) is 35.0 Å². The summed E-state index contributed by atoms with van der Waals surface area (Å²) in [5.41, 5.74) is 5.05. The minimum Gasteiger partial charge on any atom is -0.361 e. The van der Waals surface area contributed by atoms with E-state index in [1.54, 1.807) is 7.05 Å². The first-order chi connectivity index (χ1) is 9.19. The number of likely N-dealkylation sites (N-methyl/N-ethyl adjacent to an activating group) is 1. The quantitative estimate of drug-likeness (QED) is 0.858. The van der Waals surface area contributed by atoms with Crippen LogP contribution >= 0.6 is 0 Å². The molecule has 0 unspecified atom stereocenters. The molecule has 4 heteroatoms. The number of carbonyl (C=O) groups excluding carboxylic acids is 1. The standard InChI is InChI=1S/C15H18N2O2/c1-17(19-2)15(18)8-12-9-16-14-7-11-5-3-4-10(11)6-13(12)14/h6-7,9,16H,3-5,8H2,1-2H3. The van der Waals surface area contributed by atoms with Crippen molar-refractivity contribution in [2.24, 2.45) is 0 Å². The molecular weight excluding hydrogens is 240 g/mol. The maximum atomic E-state index is 11.9. The number of carbonyl (C=O) groups is 1. The Morgan fingerprint density at radius 3 is 2.84 bits per heavy atom. The van der Waals surface area contributed by atoms with Crippen molar-refractivity contribution in [2.45, 2.75) is 25.7 Å². The van der Waals surface area contributed by atoms with Crippen molar-refractivity contribution >= 4 is 16.8 Å². The van der Waals surface area contributed by atoms with Crippen LogP contribution in [0.15, 0.2) is 18.3 Å². The van der Waals surface area contributed by atoms with E-state index in [4.69, 9.17) is 4.84 Å². The maximum absolute atomic E-state index is 11.9. The van der Waals surface area contributed by atoms with Crippen LogP contribution in [-0.2, 0) is 28.9 Å². The van der Waals surface area contributed by atoms with Crippen LogP contribution in [0.5, 0.6) is 0 Å². The summed E-state index contributed by atoms with van der Waals surface area (Å²) in [6, 6.07) is 4.47. The molecule has 1 aromatic heterocycles. The molecule has 0 bridgehead atoms. The molecule has 0 atom stereocenters. The van der Waals surface area contributed by atoms with Gasteiger partial charge < -0.3 is 4.98 Å². The normalized spacial score (nSPS) is 13.8. The topological polar surface area (TPSA) is 45.3 Å². The third-order valence-corrected chi connectivity index (χ3v) is 3.95. The van der Waals surface area contributed by atoms with Crippen molar-refractivity contribution in [2.75, 3.05) is 14.2 Å². The van der Waals surface area contributed by atoms with Gasteiger partial charge in [-0.25, -0.2) is 5.06 Å². The number of fused-ring (bicyclic) bond motifs is 2. The van der Waals surface area contributed by atoms with Crippen molar-refractivity contribution in [1.82, 2.24) is 10.0 Å². The van der Waals surface area contributed by atoms with Crippen molar-refractivity contribution < 1.29 is 9.63 Å². The molecular formula is C15H18N2O2. The zero-order chi connectivity index (χ0) is 13.4. The van der Waals surface area contributed by atoms with Gasteiger partial charge in [-0.1, -0.05) is 0 Å². The number of amides is 1. The molecule has 3 rings (SSSR count). The smallest absolute Gasteiger partial charge is 0.250 e. The summed E-state index contributed by atoms with van der Waals surface area (Å²) in [7, 11) is 3.13. The van der Waals surface area contributed by atoms with E-state index in [1.165, 1.54) is 41.5 Å². The van der Waals surface area contributed by atoms with Gasteiger partial charge in [0, 0.05) is 24.1 Å². The van der Waals surface area contributed by atoms with E-state index in [-0.39, 0.29) is 5.91 Å². The summed E-state index contributed by atoms with van der Waals surface area (Å²) in [4.78, 5) is 20.1. The van der Waals surface area contributed by atoms with Gasteiger partial charge in [0.1, 0.15) is 0 Å². The number of hydroxylamine groups is 2. The number of nitrogens with zero attached hydrogens (tertiary/aromatic N) is 1. The molecule has 0 spiro atoms. The van der Waals surface area contributed by atoms with E-state index < -0.39 is 0 Å². The number of nitrogens with one attached hydrogen (secondary N) is 1.